The first-order valence-corrected chi connectivity index (χ1v) is 6.36. The summed E-state index contributed by atoms with van der Waals surface area (Å²) in [6.45, 7) is 2.11. The topological polar surface area (TPSA) is 29.3 Å². The molecule has 1 atom stereocenters. The maximum atomic E-state index is 6.02. The van der Waals surface area contributed by atoms with Crippen LogP contribution < -0.4 is 10.6 Å². The molecule has 0 heterocycles. The molecule has 0 radical (unpaired) electrons. The zero-order valence-electron chi connectivity index (χ0n) is 11.0. The zero-order valence-corrected chi connectivity index (χ0v) is 11.0. The second kappa shape index (κ2) is 5.69. The first kappa shape index (κ1) is 12.7. The van der Waals surface area contributed by atoms with E-state index in [9.17, 15) is 0 Å². The van der Waals surface area contributed by atoms with Crippen molar-refractivity contribution in [2.24, 2.45) is 5.73 Å². The Balaban J connectivity index is 2.19. The zero-order chi connectivity index (χ0) is 13.0. The normalized spacial score (nSPS) is 12.2. The van der Waals surface area contributed by atoms with Crippen molar-refractivity contribution in [2.75, 3.05) is 11.9 Å². The van der Waals surface area contributed by atoms with Crippen molar-refractivity contribution < 1.29 is 0 Å². The molecule has 2 N–H and O–H groups in total. The van der Waals surface area contributed by atoms with E-state index >= 15 is 0 Å². The highest BCUT2D eigenvalue weighted by atomic mass is 15.1. The minimum Gasteiger partial charge on any atom is -0.345 e. The van der Waals surface area contributed by atoms with Gasteiger partial charge in [-0.05, 0) is 36.2 Å². The van der Waals surface area contributed by atoms with E-state index in [1.165, 1.54) is 16.9 Å². The average Bonchev–Trinajstić information content (AvgIpc) is 2.47. The van der Waals surface area contributed by atoms with Crippen molar-refractivity contribution in [3.63, 3.8) is 0 Å². The molecule has 2 aromatic rings. The van der Waals surface area contributed by atoms with Crippen LogP contribution >= 0.6 is 0 Å². The Hall–Kier alpha value is -1.80. The Morgan fingerprint density at radius 2 is 1.50 bits per heavy atom. The van der Waals surface area contributed by atoms with E-state index in [2.05, 4.69) is 55.3 Å². The van der Waals surface area contributed by atoms with E-state index in [0.29, 0.717) is 0 Å². The molecular weight excluding hydrogens is 220 g/mol. The molecule has 0 saturated heterocycles. The summed E-state index contributed by atoms with van der Waals surface area (Å²) < 4.78 is 0. The lowest BCUT2D eigenvalue weighted by Gasteiger charge is -2.20. The molecule has 0 aliphatic rings. The summed E-state index contributed by atoms with van der Waals surface area (Å²) in [7, 11) is 2.07. The summed E-state index contributed by atoms with van der Waals surface area (Å²) >= 11 is 0. The van der Waals surface area contributed by atoms with Gasteiger partial charge in [0.05, 0.1) is 0 Å². The van der Waals surface area contributed by atoms with Crippen molar-refractivity contribution in [2.45, 2.75) is 19.4 Å². The largest absolute Gasteiger partial charge is 0.345 e. The molecule has 0 aliphatic heterocycles. The fourth-order valence-corrected chi connectivity index (χ4v) is 1.98. The Kier molecular flexibility index (Phi) is 4.00. The first-order valence-electron chi connectivity index (χ1n) is 6.36. The van der Waals surface area contributed by atoms with E-state index in [1.807, 2.05) is 18.2 Å². The number of rotatable bonds is 4. The number of hydrogen-bond acceptors (Lipinski definition) is 2. The molecule has 0 unspecified atom stereocenters. The molecule has 0 spiro atoms. The van der Waals surface area contributed by atoms with Gasteiger partial charge in [-0.1, -0.05) is 37.3 Å². The highest BCUT2D eigenvalue weighted by Crippen LogP contribution is 2.24. The fraction of sp³-hybridized carbons (Fsp3) is 0.250. The van der Waals surface area contributed by atoms with E-state index < -0.39 is 0 Å². The number of para-hydroxylation sites is 1. The lowest BCUT2D eigenvalue weighted by Crippen LogP contribution is -2.11. The maximum absolute atomic E-state index is 6.02. The van der Waals surface area contributed by atoms with Crippen molar-refractivity contribution >= 4 is 11.4 Å². The van der Waals surface area contributed by atoms with Gasteiger partial charge in [0.1, 0.15) is 0 Å². The van der Waals surface area contributed by atoms with Gasteiger partial charge >= 0.3 is 0 Å². The minimum atomic E-state index is 0.140. The molecule has 2 nitrogen and oxygen atoms in total. The number of benzene rings is 2. The van der Waals surface area contributed by atoms with Crippen LogP contribution in [0.5, 0.6) is 0 Å². The average molecular weight is 240 g/mol. The highest BCUT2D eigenvalue weighted by Gasteiger charge is 2.05. The molecule has 18 heavy (non-hydrogen) atoms. The van der Waals surface area contributed by atoms with Gasteiger partial charge in [0, 0.05) is 24.5 Å². The van der Waals surface area contributed by atoms with Crippen molar-refractivity contribution in [1.82, 2.24) is 0 Å². The van der Waals surface area contributed by atoms with Crippen LogP contribution in [0.4, 0.5) is 11.4 Å². The van der Waals surface area contributed by atoms with Gasteiger partial charge in [0.2, 0.25) is 0 Å². The summed E-state index contributed by atoms with van der Waals surface area (Å²) in [5, 5.41) is 0. The third-order valence-electron chi connectivity index (χ3n) is 3.29. The molecule has 94 valence electrons. The monoisotopic (exact) mass is 240 g/mol. The molecule has 0 bridgehead atoms. The lowest BCUT2D eigenvalue weighted by atomic mass is 10.1. The van der Waals surface area contributed by atoms with Crippen LogP contribution in [0, 0.1) is 0 Å². The minimum absolute atomic E-state index is 0.140. The van der Waals surface area contributed by atoms with Crippen LogP contribution in [0.25, 0.3) is 0 Å². The molecule has 0 fully saturated rings. The molecule has 2 heteroatoms. The van der Waals surface area contributed by atoms with Crippen molar-refractivity contribution in [1.29, 1.82) is 0 Å². The van der Waals surface area contributed by atoms with Crippen LogP contribution in [-0.2, 0) is 0 Å². The third-order valence-corrected chi connectivity index (χ3v) is 3.29. The second-order valence-electron chi connectivity index (χ2n) is 4.50. The molecule has 0 saturated carbocycles. The highest BCUT2D eigenvalue weighted by molar-refractivity contribution is 5.62. The SMILES string of the molecule is CC[C@H](N)c1ccc(N(C)c2ccccc2)cc1. The maximum Gasteiger partial charge on any atom is 0.0408 e. The van der Waals surface area contributed by atoms with Gasteiger partial charge in [-0.25, -0.2) is 0 Å². The van der Waals surface area contributed by atoms with E-state index in [4.69, 9.17) is 5.73 Å². The smallest absolute Gasteiger partial charge is 0.0408 e. The number of anilines is 2. The Morgan fingerprint density at radius 1 is 0.944 bits per heavy atom. The van der Waals surface area contributed by atoms with Crippen molar-refractivity contribution in [3.05, 3.63) is 60.2 Å². The van der Waals surface area contributed by atoms with Crippen LogP contribution in [0.15, 0.2) is 54.6 Å². The number of hydrogen-bond donors (Lipinski definition) is 1. The Labute approximate surface area is 109 Å². The predicted molar refractivity (Wildman–Crippen MR) is 78.2 cm³/mol. The van der Waals surface area contributed by atoms with E-state index in [-0.39, 0.29) is 6.04 Å². The quantitative estimate of drug-likeness (QED) is 0.879. The summed E-state index contributed by atoms with van der Waals surface area (Å²) in [5.41, 5.74) is 9.57. The molecule has 0 aliphatic carbocycles. The number of nitrogens with zero attached hydrogens (tertiary/aromatic N) is 1. The summed E-state index contributed by atoms with van der Waals surface area (Å²) in [6, 6.07) is 18.9. The van der Waals surface area contributed by atoms with Gasteiger partial charge in [-0.3, -0.25) is 0 Å². The van der Waals surface area contributed by atoms with Crippen molar-refractivity contribution in [3.8, 4) is 0 Å². The second-order valence-corrected chi connectivity index (χ2v) is 4.50. The Bertz CT molecular complexity index is 476. The van der Waals surface area contributed by atoms with Gasteiger partial charge in [0.15, 0.2) is 0 Å². The summed E-state index contributed by atoms with van der Waals surface area (Å²) in [5.74, 6) is 0. The fourth-order valence-electron chi connectivity index (χ4n) is 1.98. The first-order chi connectivity index (χ1) is 8.72. The Morgan fingerprint density at radius 3 is 2.06 bits per heavy atom. The van der Waals surface area contributed by atoms with Gasteiger partial charge in [0.25, 0.3) is 0 Å². The van der Waals surface area contributed by atoms with E-state index in [0.717, 1.165) is 6.42 Å². The standard InChI is InChI=1S/C16H20N2/c1-3-16(17)13-9-11-15(12-10-13)18(2)14-7-5-4-6-8-14/h4-12,16H,3,17H2,1-2H3/t16-/m0/s1. The summed E-state index contributed by atoms with van der Waals surface area (Å²) in [6.07, 6.45) is 0.966. The molecule has 2 rings (SSSR count). The molecule has 2 aromatic carbocycles. The van der Waals surface area contributed by atoms with Crippen LogP contribution in [0.2, 0.25) is 0 Å². The molecular formula is C16H20N2. The van der Waals surface area contributed by atoms with Gasteiger partial charge in [-0.15, -0.1) is 0 Å². The summed E-state index contributed by atoms with van der Waals surface area (Å²) in [4.78, 5) is 2.17. The molecule has 0 aromatic heterocycles. The van der Waals surface area contributed by atoms with E-state index in [1.54, 1.807) is 0 Å². The van der Waals surface area contributed by atoms with Crippen LogP contribution in [-0.4, -0.2) is 7.05 Å². The molecule has 0 amide bonds. The van der Waals surface area contributed by atoms with Gasteiger partial charge < -0.3 is 10.6 Å². The van der Waals surface area contributed by atoms with Crippen LogP contribution in [0.1, 0.15) is 24.9 Å². The third kappa shape index (κ3) is 2.71. The van der Waals surface area contributed by atoms with Gasteiger partial charge in [-0.2, -0.15) is 0 Å². The number of nitrogens with two attached hydrogens (primary N) is 1. The lowest BCUT2D eigenvalue weighted by molar-refractivity contribution is 0.699. The predicted octanol–water partition coefficient (Wildman–Crippen LogP) is 3.86. The van der Waals surface area contributed by atoms with Crippen LogP contribution in [0.3, 0.4) is 0 Å².